The molecule has 1 heterocycles. The van der Waals surface area contributed by atoms with E-state index >= 15 is 0 Å². The highest BCUT2D eigenvalue weighted by Crippen LogP contribution is 2.44. The zero-order valence-electron chi connectivity index (χ0n) is 39.3. The summed E-state index contributed by atoms with van der Waals surface area (Å²) < 4.78 is 73.7. The van der Waals surface area contributed by atoms with Gasteiger partial charge in [0, 0.05) is 69.8 Å². The van der Waals surface area contributed by atoms with Crippen LogP contribution in [0.3, 0.4) is 0 Å². The van der Waals surface area contributed by atoms with Gasteiger partial charge in [-0.15, -0.1) is 0 Å². The Labute approximate surface area is 382 Å². The molecule has 2 aliphatic rings. The van der Waals surface area contributed by atoms with Crippen LogP contribution in [-0.4, -0.2) is 40.3 Å². The summed E-state index contributed by atoms with van der Waals surface area (Å²) in [7, 11) is -7.73. The predicted molar refractivity (Wildman–Crippen MR) is 260 cm³/mol. The Balaban J connectivity index is 1.63. The Morgan fingerprint density at radius 3 is 1.78 bits per heavy atom. The van der Waals surface area contributed by atoms with Gasteiger partial charge < -0.3 is 20.4 Å². The quantitative estimate of drug-likeness (QED) is 0.0620. The standard InChI is InChI=1S/C50H59N5O8S2/c1-27-20-29(3)47(54-42(56)25-49(7,8)9)31(5)45(27)52-33-18-19-34-38(22-33)63-39-24-37(53-46-28(2)21-30(4)48(32(46)6)55-43(57)26-50(10,11)12)41(65(60,61)62)23-36(39)44(34)35-16-14-15-17-40(35)64(58,59)51-13/h14-24,51-52H,25-26H2,1-13H3,(H,54,56)(H,55,57)(H,60,61,62)/b53-37+. The second kappa shape index (κ2) is 17.8. The number of rotatable bonds is 11. The fraction of sp³-hybridized carbons (Fsp3) is 0.340. The van der Waals surface area contributed by atoms with Crippen molar-refractivity contribution in [1.82, 2.24) is 4.72 Å². The van der Waals surface area contributed by atoms with Crippen LogP contribution in [0.25, 0.3) is 33.4 Å². The maximum Gasteiger partial charge on any atom is 0.296 e. The van der Waals surface area contributed by atoms with Crippen LogP contribution in [0, 0.1) is 52.4 Å². The fourth-order valence-corrected chi connectivity index (χ4v) is 9.86. The first kappa shape index (κ1) is 48.6. The van der Waals surface area contributed by atoms with Crippen LogP contribution in [0.5, 0.6) is 0 Å². The lowest BCUT2D eigenvalue weighted by molar-refractivity contribution is -0.118. The Hall–Kier alpha value is -5.87. The number of sulfonamides is 1. The third kappa shape index (κ3) is 10.7. The van der Waals surface area contributed by atoms with Gasteiger partial charge in [0.25, 0.3) is 10.1 Å². The van der Waals surface area contributed by atoms with E-state index in [1.54, 1.807) is 43.3 Å². The number of anilines is 4. The molecule has 0 aromatic heterocycles. The minimum absolute atomic E-state index is 0.0699. The molecular formula is C50H59N5O8S2. The number of carbonyl (C=O) groups excluding carboxylic acids is 2. The van der Waals surface area contributed by atoms with Crippen LogP contribution in [0.4, 0.5) is 28.4 Å². The van der Waals surface area contributed by atoms with Crippen LogP contribution in [0.2, 0.25) is 0 Å². The minimum atomic E-state index is -4.97. The first-order valence-corrected chi connectivity index (χ1v) is 24.2. The zero-order valence-corrected chi connectivity index (χ0v) is 41.0. The monoisotopic (exact) mass is 921 g/mol. The van der Waals surface area contributed by atoms with Gasteiger partial charge in [-0.2, -0.15) is 8.42 Å². The maximum absolute atomic E-state index is 13.6. The molecule has 2 amide bonds. The van der Waals surface area contributed by atoms with E-state index in [0.29, 0.717) is 56.8 Å². The average Bonchev–Trinajstić information content (AvgIpc) is 3.18. The van der Waals surface area contributed by atoms with Gasteiger partial charge >= 0.3 is 0 Å². The fourth-order valence-electron chi connectivity index (χ4n) is 8.29. The third-order valence-corrected chi connectivity index (χ3v) is 13.5. The number of carbonyl (C=O) groups is 2. The number of amides is 2. The van der Waals surface area contributed by atoms with E-state index in [0.717, 1.165) is 27.9 Å². The number of nitrogens with zero attached hydrogens (tertiary/aromatic N) is 1. The second-order valence-corrected chi connectivity index (χ2v) is 22.5. The molecule has 344 valence electrons. The molecule has 5 N–H and O–H groups in total. The van der Waals surface area contributed by atoms with Crippen molar-refractivity contribution < 1.29 is 35.4 Å². The van der Waals surface area contributed by atoms with Crippen molar-refractivity contribution in [2.24, 2.45) is 15.8 Å². The van der Waals surface area contributed by atoms with Gasteiger partial charge in [0.05, 0.1) is 15.9 Å². The molecular weight excluding hydrogens is 863 g/mol. The van der Waals surface area contributed by atoms with Crippen molar-refractivity contribution in [2.75, 3.05) is 23.0 Å². The van der Waals surface area contributed by atoms with E-state index in [1.807, 2.05) is 88.3 Å². The lowest BCUT2D eigenvalue weighted by Gasteiger charge is -2.22. The Morgan fingerprint density at radius 1 is 0.662 bits per heavy atom. The molecule has 4 aromatic rings. The molecule has 6 rings (SSSR count). The third-order valence-electron chi connectivity index (χ3n) is 11.1. The summed E-state index contributed by atoms with van der Waals surface area (Å²) in [4.78, 5) is 30.4. The summed E-state index contributed by atoms with van der Waals surface area (Å²) >= 11 is 0. The number of fused-ring (bicyclic) bond motifs is 2. The van der Waals surface area contributed by atoms with Gasteiger partial charge in [0.1, 0.15) is 16.2 Å². The highest BCUT2D eigenvalue weighted by molar-refractivity contribution is 7.89. The molecule has 0 unspecified atom stereocenters. The lowest BCUT2D eigenvalue weighted by Crippen LogP contribution is -2.21. The van der Waals surface area contributed by atoms with Crippen LogP contribution >= 0.6 is 0 Å². The molecule has 0 fully saturated rings. The van der Waals surface area contributed by atoms with E-state index in [-0.39, 0.29) is 56.2 Å². The zero-order chi connectivity index (χ0) is 48.1. The molecule has 4 aromatic carbocycles. The Kier molecular flexibility index (Phi) is 13.3. The molecule has 1 aliphatic carbocycles. The topological polar surface area (TPSA) is 196 Å². The minimum Gasteiger partial charge on any atom is -0.456 e. The summed E-state index contributed by atoms with van der Waals surface area (Å²) in [5, 5.41) is 9.95. The molecule has 0 saturated carbocycles. The molecule has 0 bridgehead atoms. The summed E-state index contributed by atoms with van der Waals surface area (Å²) in [5.74, 6) is -0.145. The summed E-state index contributed by atoms with van der Waals surface area (Å²) in [6, 6.07) is 18.2. The van der Waals surface area contributed by atoms with E-state index in [9.17, 15) is 31.0 Å². The maximum atomic E-state index is 13.6. The van der Waals surface area contributed by atoms with Gasteiger partial charge in [-0.1, -0.05) is 71.9 Å². The summed E-state index contributed by atoms with van der Waals surface area (Å²) in [6.07, 6.45) is 0.602. The van der Waals surface area contributed by atoms with Crippen LogP contribution < -0.4 is 26.0 Å². The van der Waals surface area contributed by atoms with Gasteiger partial charge in [-0.3, -0.25) is 14.1 Å². The highest BCUT2D eigenvalue weighted by Gasteiger charge is 2.28. The van der Waals surface area contributed by atoms with Crippen LogP contribution in [0.15, 0.2) is 85.9 Å². The van der Waals surface area contributed by atoms with Crippen molar-refractivity contribution in [3.8, 4) is 22.5 Å². The second-order valence-electron chi connectivity index (χ2n) is 19.2. The molecule has 0 atom stereocenters. The smallest absolute Gasteiger partial charge is 0.296 e. The van der Waals surface area contributed by atoms with Gasteiger partial charge in [0.2, 0.25) is 21.8 Å². The van der Waals surface area contributed by atoms with E-state index in [4.69, 9.17) is 9.41 Å². The van der Waals surface area contributed by atoms with Crippen molar-refractivity contribution in [2.45, 2.75) is 106 Å². The number of hydrogen-bond acceptors (Lipinski definition) is 9. The normalized spacial score (nSPS) is 12.8. The number of hydrogen-bond donors (Lipinski definition) is 5. The average molecular weight is 922 g/mol. The highest BCUT2D eigenvalue weighted by atomic mass is 32.2. The predicted octanol–water partition coefficient (Wildman–Crippen LogP) is 10.9. The SMILES string of the molecule is CNS(=O)(=O)c1ccccc1-c1c2cc(S(=O)(=O)O)/c(=N/c3c(C)cc(C)c(NC(=O)CC(C)(C)C)c3C)cc-2oc2cc(Nc3c(C)cc(C)c(NC(=O)CC(C)(C)C)c3C)ccc12. The summed E-state index contributed by atoms with van der Waals surface area (Å²) in [6.45, 7) is 23.2. The molecule has 0 radical (unpaired) electrons. The first-order valence-electron chi connectivity index (χ1n) is 21.3. The van der Waals surface area contributed by atoms with Crippen LogP contribution in [0.1, 0.15) is 87.8 Å². The van der Waals surface area contributed by atoms with Gasteiger partial charge in [-0.25, -0.2) is 18.1 Å². The Morgan fingerprint density at radius 2 is 1.22 bits per heavy atom. The molecule has 0 saturated heterocycles. The van der Waals surface area contributed by atoms with Crippen molar-refractivity contribution in [1.29, 1.82) is 0 Å². The molecule has 65 heavy (non-hydrogen) atoms. The molecule has 15 heteroatoms. The molecule has 1 aliphatic heterocycles. The molecule has 13 nitrogen and oxygen atoms in total. The number of nitrogens with one attached hydrogen (secondary N) is 4. The van der Waals surface area contributed by atoms with Gasteiger partial charge in [-0.05, 0) is 117 Å². The lowest BCUT2D eigenvalue weighted by atomic mass is 9.91. The molecule has 0 spiro atoms. The van der Waals surface area contributed by atoms with E-state index in [2.05, 4.69) is 20.7 Å². The van der Waals surface area contributed by atoms with E-state index in [1.165, 1.54) is 25.2 Å². The first-order chi connectivity index (χ1) is 30.1. The van der Waals surface area contributed by atoms with Crippen LogP contribution in [-0.2, 0) is 29.7 Å². The number of aryl methyl sites for hydroxylation is 4. The number of benzene rings is 5. The van der Waals surface area contributed by atoms with Gasteiger partial charge in [0.15, 0.2) is 0 Å². The summed E-state index contributed by atoms with van der Waals surface area (Å²) in [5.41, 5.74) is 8.34. The van der Waals surface area contributed by atoms with E-state index < -0.39 is 25.0 Å². The largest absolute Gasteiger partial charge is 0.456 e. The Bertz CT molecular complexity index is 3180. The van der Waals surface area contributed by atoms with Crippen molar-refractivity contribution in [3.63, 3.8) is 0 Å². The van der Waals surface area contributed by atoms with Crippen molar-refractivity contribution in [3.05, 3.63) is 105 Å². The van der Waals surface area contributed by atoms with Crippen molar-refractivity contribution >= 4 is 71.4 Å².